The Hall–Kier alpha value is -3.29. The van der Waals surface area contributed by atoms with Crippen LogP contribution in [0.2, 0.25) is 0 Å². The van der Waals surface area contributed by atoms with Crippen molar-refractivity contribution >= 4 is 29.8 Å². The summed E-state index contributed by atoms with van der Waals surface area (Å²) in [5.41, 5.74) is -1.88. The molecule has 8 nitrogen and oxygen atoms in total. The fourth-order valence-corrected chi connectivity index (χ4v) is 8.09. The summed E-state index contributed by atoms with van der Waals surface area (Å²) in [4.78, 5) is 57.7. The van der Waals surface area contributed by atoms with Crippen LogP contribution in [0.3, 0.4) is 0 Å². The molecule has 1 aromatic rings. The Labute approximate surface area is 209 Å². The lowest BCUT2D eigenvalue weighted by Crippen LogP contribution is -2.71. The van der Waals surface area contributed by atoms with Gasteiger partial charge in [0, 0.05) is 24.4 Å². The number of Topliss-reactive ketones (excluding diaryl/α,β-unsaturated/α-hetero) is 1. The zero-order chi connectivity index (χ0) is 25.5. The maximum Gasteiger partial charge on any atom is 0.331 e. The second-order valence-electron chi connectivity index (χ2n) is 11.5. The lowest BCUT2D eigenvalue weighted by Gasteiger charge is -2.61. The molecule has 6 rings (SSSR count). The number of carbonyl (C=O) groups is 4. The second-order valence-corrected chi connectivity index (χ2v) is 11.5. The molecular formula is C28H29NO7. The van der Waals surface area contributed by atoms with E-state index in [-0.39, 0.29) is 23.6 Å². The second kappa shape index (κ2) is 7.60. The minimum Gasteiger partial charge on any atom is -0.465 e. The number of ketones is 1. The van der Waals surface area contributed by atoms with Gasteiger partial charge in [0.2, 0.25) is 0 Å². The van der Waals surface area contributed by atoms with Crippen molar-refractivity contribution in [2.24, 2.45) is 34.0 Å². The summed E-state index contributed by atoms with van der Waals surface area (Å²) < 4.78 is 17.6. The van der Waals surface area contributed by atoms with Crippen LogP contribution >= 0.6 is 0 Å². The molecule has 0 unspecified atom stereocenters. The Balaban J connectivity index is 1.42. The first kappa shape index (κ1) is 23.1. The zero-order valence-electron chi connectivity index (χ0n) is 20.4. The molecule has 188 valence electrons. The number of pyridine rings is 1. The lowest BCUT2D eigenvalue weighted by molar-refractivity contribution is -0.246. The molecule has 8 heteroatoms. The van der Waals surface area contributed by atoms with Gasteiger partial charge in [-0.05, 0) is 66.4 Å². The maximum atomic E-state index is 13.9. The molecule has 3 aliphatic carbocycles. The van der Waals surface area contributed by atoms with Crippen LogP contribution in [0.1, 0.15) is 45.1 Å². The van der Waals surface area contributed by atoms with Gasteiger partial charge in [0.25, 0.3) is 0 Å². The number of rotatable bonds is 3. The average molecular weight is 492 g/mol. The number of hydrogen-bond donors (Lipinski definition) is 0. The van der Waals surface area contributed by atoms with Gasteiger partial charge in [0.05, 0.1) is 11.3 Å². The maximum absolute atomic E-state index is 13.9. The zero-order valence-corrected chi connectivity index (χ0v) is 20.4. The van der Waals surface area contributed by atoms with Crippen LogP contribution < -0.4 is 0 Å². The van der Waals surface area contributed by atoms with Crippen LogP contribution in [0.5, 0.6) is 0 Å². The summed E-state index contributed by atoms with van der Waals surface area (Å²) in [6.45, 7) is 8.17. The largest absolute Gasteiger partial charge is 0.465 e. The number of cyclic esters (lactones) is 1. The number of nitrogens with zero attached hydrogens (tertiary/aromatic N) is 1. The van der Waals surface area contributed by atoms with E-state index in [1.807, 2.05) is 13.8 Å². The normalized spacial score (nSPS) is 40.2. The molecule has 0 N–H and O–H groups in total. The molecule has 2 aliphatic heterocycles. The van der Waals surface area contributed by atoms with Crippen molar-refractivity contribution in [3.8, 4) is 0 Å². The lowest BCUT2D eigenvalue weighted by atomic mass is 9.43. The molecule has 7 atom stereocenters. The van der Waals surface area contributed by atoms with Gasteiger partial charge < -0.3 is 14.2 Å². The molecule has 2 bridgehead atoms. The number of hydrogen-bond acceptors (Lipinski definition) is 8. The third kappa shape index (κ3) is 2.78. The van der Waals surface area contributed by atoms with Crippen molar-refractivity contribution in [2.75, 3.05) is 6.61 Å². The molecular weight excluding hydrogens is 462 g/mol. The van der Waals surface area contributed by atoms with Crippen molar-refractivity contribution in [3.63, 3.8) is 0 Å². The molecule has 2 spiro atoms. The highest BCUT2D eigenvalue weighted by Crippen LogP contribution is 2.71. The van der Waals surface area contributed by atoms with E-state index < -0.39 is 58.5 Å². The predicted octanol–water partition coefficient (Wildman–Crippen LogP) is 3.06. The van der Waals surface area contributed by atoms with Crippen molar-refractivity contribution in [3.05, 3.63) is 48.3 Å². The SMILES string of the molecule is C=C1C(=O)[C@@]23C(=O)O[C@H]4CCC(C)(C)[C@H]5C(=O)OC[C@]45[C@H]2CC[C@@H]1[C@H]3OC(=O)/C=C/c1ccncc1. The summed E-state index contributed by atoms with van der Waals surface area (Å²) in [6.07, 6.45) is 6.91. The van der Waals surface area contributed by atoms with Gasteiger partial charge in [-0.25, -0.2) is 4.79 Å². The number of ether oxygens (including phenoxy) is 3. The van der Waals surface area contributed by atoms with Crippen molar-refractivity contribution in [1.82, 2.24) is 4.98 Å². The van der Waals surface area contributed by atoms with E-state index >= 15 is 0 Å². The van der Waals surface area contributed by atoms with Crippen molar-refractivity contribution < 1.29 is 33.4 Å². The van der Waals surface area contributed by atoms with Gasteiger partial charge in [-0.15, -0.1) is 0 Å². The van der Waals surface area contributed by atoms with Crippen LogP contribution in [-0.2, 0) is 33.4 Å². The van der Waals surface area contributed by atoms with Gasteiger partial charge in [0.15, 0.2) is 11.2 Å². The van der Waals surface area contributed by atoms with E-state index in [2.05, 4.69) is 11.6 Å². The first-order valence-electron chi connectivity index (χ1n) is 12.5. The highest BCUT2D eigenvalue weighted by Gasteiger charge is 2.81. The summed E-state index contributed by atoms with van der Waals surface area (Å²) in [5.74, 6) is -3.58. The smallest absolute Gasteiger partial charge is 0.331 e. The summed E-state index contributed by atoms with van der Waals surface area (Å²) in [5, 5.41) is 0. The molecule has 3 saturated carbocycles. The monoisotopic (exact) mass is 491 g/mol. The van der Waals surface area contributed by atoms with E-state index in [0.717, 1.165) is 5.56 Å². The number of esters is 3. The molecule has 0 aromatic carbocycles. The average Bonchev–Trinajstić information content (AvgIpc) is 3.27. The first-order chi connectivity index (χ1) is 17.1. The van der Waals surface area contributed by atoms with E-state index in [0.29, 0.717) is 25.7 Å². The standard InChI is InChI=1S/C28H29NO7/c1-15-17-5-6-18-27-14-34-24(32)21(27)26(2,3)11-8-19(27)35-25(33)28(18,22(15)31)23(17)36-20(30)7-4-16-9-12-29-13-10-16/h4,7,9-10,12-13,17-19,21,23H,1,5-6,8,11,14H2,2-3H3/b7-4+/t17-,18+,19-,21+,23+,27-,28-/m0/s1. The quantitative estimate of drug-likeness (QED) is 0.275. The van der Waals surface area contributed by atoms with Gasteiger partial charge in [-0.2, -0.15) is 0 Å². The molecule has 0 radical (unpaired) electrons. The predicted molar refractivity (Wildman–Crippen MR) is 126 cm³/mol. The van der Waals surface area contributed by atoms with Crippen LogP contribution in [-0.4, -0.2) is 47.5 Å². The summed E-state index contributed by atoms with van der Waals surface area (Å²) in [6, 6.07) is 3.49. The fraction of sp³-hybridized carbons (Fsp3) is 0.536. The van der Waals surface area contributed by atoms with E-state index in [1.165, 1.54) is 6.08 Å². The Morgan fingerprint density at radius 1 is 1.17 bits per heavy atom. The highest BCUT2D eigenvalue weighted by molar-refractivity contribution is 6.16. The molecule has 3 heterocycles. The summed E-state index contributed by atoms with van der Waals surface area (Å²) in [7, 11) is 0. The van der Waals surface area contributed by atoms with Crippen molar-refractivity contribution in [1.29, 1.82) is 0 Å². The Morgan fingerprint density at radius 2 is 1.92 bits per heavy atom. The first-order valence-corrected chi connectivity index (χ1v) is 12.5. The topological polar surface area (TPSA) is 109 Å². The third-order valence-electron chi connectivity index (χ3n) is 9.51. The van der Waals surface area contributed by atoms with E-state index in [1.54, 1.807) is 30.6 Å². The van der Waals surface area contributed by atoms with E-state index in [9.17, 15) is 19.2 Å². The molecule has 5 fully saturated rings. The van der Waals surface area contributed by atoms with Gasteiger partial charge in [-0.3, -0.25) is 19.4 Å². The minimum absolute atomic E-state index is 0.0946. The van der Waals surface area contributed by atoms with Gasteiger partial charge >= 0.3 is 17.9 Å². The molecule has 1 aromatic heterocycles. The highest BCUT2D eigenvalue weighted by atomic mass is 16.6. The minimum atomic E-state index is -1.71. The number of aromatic nitrogens is 1. The van der Waals surface area contributed by atoms with Crippen LogP contribution in [0.25, 0.3) is 6.08 Å². The Kier molecular flexibility index (Phi) is 4.89. The summed E-state index contributed by atoms with van der Waals surface area (Å²) >= 11 is 0. The Morgan fingerprint density at radius 3 is 2.67 bits per heavy atom. The molecule has 0 amide bonds. The number of fused-ring (bicyclic) bond motifs is 1. The molecule has 5 aliphatic rings. The van der Waals surface area contributed by atoms with E-state index in [4.69, 9.17) is 14.2 Å². The third-order valence-corrected chi connectivity index (χ3v) is 9.51. The van der Waals surface area contributed by atoms with Crippen LogP contribution in [0, 0.1) is 34.0 Å². The number of carbonyl (C=O) groups excluding carboxylic acids is 4. The molecule has 2 saturated heterocycles. The van der Waals surface area contributed by atoms with Crippen molar-refractivity contribution in [2.45, 2.75) is 51.7 Å². The van der Waals surface area contributed by atoms with Gasteiger partial charge in [0.1, 0.15) is 18.8 Å². The fourth-order valence-electron chi connectivity index (χ4n) is 8.09. The Bertz CT molecular complexity index is 1220. The van der Waals surface area contributed by atoms with Crippen LogP contribution in [0.15, 0.2) is 42.8 Å². The molecule has 36 heavy (non-hydrogen) atoms. The van der Waals surface area contributed by atoms with Gasteiger partial charge in [-0.1, -0.05) is 20.4 Å². The van der Waals surface area contributed by atoms with Crippen LogP contribution in [0.4, 0.5) is 0 Å².